The van der Waals surface area contributed by atoms with E-state index in [0.29, 0.717) is 0 Å². The van der Waals surface area contributed by atoms with Crippen LogP contribution in [0.1, 0.15) is 38.5 Å². The fraction of sp³-hybridized carbons (Fsp3) is 0.625. The van der Waals surface area contributed by atoms with Crippen molar-refractivity contribution in [2.75, 3.05) is 5.32 Å². The molecular weight excluding hydrogens is 300 g/mol. The molecule has 2 unspecified atom stereocenters. The number of nitrogens with two attached hydrogens (primary N) is 1. The minimum Gasteiger partial charge on any atom is -0.380 e. The lowest BCUT2D eigenvalue weighted by atomic mass is 9.50. The van der Waals surface area contributed by atoms with Crippen LogP contribution in [0.15, 0.2) is 28.7 Å². The van der Waals surface area contributed by atoms with Gasteiger partial charge in [-0.15, -0.1) is 0 Å². The first-order valence-electron chi connectivity index (χ1n) is 7.37. The van der Waals surface area contributed by atoms with E-state index in [-0.39, 0.29) is 11.1 Å². The molecule has 4 aliphatic carbocycles. The Morgan fingerprint density at radius 1 is 1.05 bits per heavy atom. The van der Waals surface area contributed by atoms with Gasteiger partial charge in [-0.05, 0) is 74.6 Å². The Morgan fingerprint density at radius 3 is 2.26 bits per heavy atom. The van der Waals surface area contributed by atoms with E-state index in [2.05, 4.69) is 45.5 Å². The number of rotatable bonds is 2. The fourth-order valence-electron chi connectivity index (χ4n) is 5.32. The summed E-state index contributed by atoms with van der Waals surface area (Å²) in [6.45, 7) is 0. The van der Waals surface area contributed by atoms with Gasteiger partial charge in [0.1, 0.15) is 0 Å². The zero-order chi connectivity index (χ0) is 13.1. The van der Waals surface area contributed by atoms with E-state index in [4.69, 9.17) is 5.73 Å². The smallest absolute Gasteiger partial charge is 0.0396 e. The van der Waals surface area contributed by atoms with E-state index in [1.807, 2.05) is 0 Å². The molecule has 0 aromatic heterocycles. The highest BCUT2D eigenvalue weighted by atomic mass is 79.9. The lowest BCUT2D eigenvalue weighted by molar-refractivity contribution is -0.00775. The first-order valence-corrected chi connectivity index (χ1v) is 8.16. The molecule has 5 rings (SSSR count). The van der Waals surface area contributed by atoms with Crippen LogP contribution in [-0.4, -0.2) is 11.1 Å². The molecule has 1 aromatic rings. The van der Waals surface area contributed by atoms with Crippen molar-refractivity contribution in [3.63, 3.8) is 0 Å². The van der Waals surface area contributed by atoms with Gasteiger partial charge < -0.3 is 11.1 Å². The number of anilines is 1. The maximum absolute atomic E-state index is 6.64. The van der Waals surface area contributed by atoms with Crippen molar-refractivity contribution in [3.8, 4) is 0 Å². The van der Waals surface area contributed by atoms with E-state index in [1.54, 1.807) is 0 Å². The van der Waals surface area contributed by atoms with Crippen molar-refractivity contribution in [2.24, 2.45) is 17.6 Å². The fourth-order valence-corrected chi connectivity index (χ4v) is 5.58. The van der Waals surface area contributed by atoms with Crippen LogP contribution in [0.2, 0.25) is 0 Å². The number of nitrogens with one attached hydrogen (secondary N) is 1. The average molecular weight is 321 g/mol. The summed E-state index contributed by atoms with van der Waals surface area (Å²) in [7, 11) is 0. The topological polar surface area (TPSA) is 38.0 Å². The molecule has 2 atom stereocenters. The largest absolute Gasteiger partial charge is 0.380 e. The highest BCUT2D eigenvalue weighted by molar-refractivity contribution is 9.10. The van der Waals surface area contributed by atoms with Crippen molar-refractivity contribution < 1.29 is 0 Å². The maximum Gasteiger partial charge on any atom is 0.0396 e. The van der Waals surface area contributed by atoms with Gasteiger partial charge in [0.15, 0.2) is 0 Å². The molecule has 4 bridgehead atoms. The Morgan fingerprint density at radius 2 is 1.68 bits per heavy atom. The van der Waals surface area contributed by atoms with Gasteiger partial charge in [0, 0.05) is 21.2 Å². The number of benzene rings is 1. The van der Waals surface area contributed by atoms with Crippen LogP contribution in [0.25, 0.3) is 0 Å². The summed E-state index contributed by atoms with van der Waals surface area (Å²) < 4.78 is 1.14. The molecule has 0 saturated heterocycles. The highest BCUT2D eigenvalue weighted by Gasteiger charge is 2.56. The second kappa shape index (κ2) is 3.98. The summed E-state index contributed by atoms with van der Waals surface area (Å²) in [6, 6.07) is 8.57. The molecule has 4 saturated carbocycles. The van der Waals surface area contributed by atoms with Gasteiger partial charge in [-0.1, -0.05) is 15.9 Å². The molecule has 0 amide bonds. The summed E-state index contributed by atoms with van der Waals surface area (Å²) in [6.07, 6.45) is 7.73. The standard InChI is InChI=1S/C16H21BrN2/c17-13-1-3-14(4-2-13)19-16-8-11-5-12(9-16)7-15(18,6-11)10-16/h1-4,11-12,19H,5-10,18H2. The zero-order valence-electron chi connectivity index (χ0n) is 11.2. The first kappa shape index (κ1) is 12.2. The van der Waals surface area contributed by atoms with Gasteiger partial charge >= 0.3 is 0 Å². The van der Waals surface area contributed by atoms with E-state index < -0.39 is 0 Å². The lowest BCUT2D eigenvalue weighted by Crippen LogP contribution is -2.65. The third kappa shape index (κ3) is 2.11. The normalized spacial score (nSPS) is 43.5. The molecule has 0 radical (unpaired) electrons. The molecule has 0 aliphatic heterocycles. The van der Waals surface area contributed by atoms with Crippen molar-refractivity contribution >= 4 is 21.6 Å². The predicted octanol–water partition coefficient (Wildman–Crippen LogP) is 3.91. The van der Waals surface area contributed by atoms with Crippen molar-refractivity contribution in [1.29, 1.82) is 0 Å². The first-order chi connectivity index (χ1) is 9.04. The van der Waals surface area contributed by atoms with Gasteiger partial charge in [0.2, 0.25) is 0 Å². The van der Waals surface area contributed by atoms with Gasteiger partial charge in [-0.25, -0.2) is 0 Å². The summed E-state index contributed by atoms with van der Waals surface area (Å²) in [5.41, 5.74) is 8.27. The minimum atomic E-state index is 0.118. The van der Waals surface area contributed by atoms with E-state index in [0.717, 1.165) is 22.7 Å². The molecule has 2 nitrogen and oxygen atoms in total. The average Bonchev–Trinajstić information content (AvgIpc) is 2.28. The molecule has 102 valence electrons. The Labute approximate surface area is 123 Å². The SMILES string of the molecule is NC12CC3CC(C1)CC(Nc1ccc(Br)cc1)(C3)C2. The lowest BCUT2D eigenvalue weighted by Gasteiger charge is -2.61. The molecule has 3 N–H and O–H groups in total. The second-order valence-electron chi connectivity index (χ2n) is 7.24. The molecule has 19 heavy (non-hydrogen) atoms. The summed E-state index contributed by atoms with van der Waals surface area (Å²) >= 11 is 3.50. The van der Waals surface area contributed by atoms with E-state index in [1.165, 1.54) is 37.8 Å². The molecule has 3 heteroatoms. The summed E-state index contributed by atoms with van der Waals surface area (Å²) in [5, 5.41) is 3.84. The highest BCUT2D eigenvalue weighted by Crippen LogP contribution is 2.57. The Kier molecular flexibility index (Phi) is 2.56. The molecule has 0 spiro atoms. The van der Waals surface area contributed by atoms with Crippen molar-refractivity contribution in [1.82, 2.24) is 0 Å². The number of hydrogen-bond acceptors (Lipinski definition) is 2. The van der Waals surface area contributed by atoms with E-state index >= 15 is 0 Å². The van der Waals surface area contributed by atoms with Crippen LogP contribution in [0.4, 0.5) is 5.69 Å². The minimum absolute atomic E-state index is 0.118. The van der Waals surface area contributed by atoms with Gasteiger partial charge in [-0.3, -0.25) is 0 Å². The van der Waals surface area contributed by atoms with Crippen LogP contribution in [-0.2, 0) is 0 Å². The molecule has 4 aliphatic rings. The van der Waals surface area contributed by atoms with Crippen molar-refractivity contribution in [2.45, 2.75) is 49.6 Å². The number of halogens is 1. The van der Waals surface area contributed by atoms with E-state index in [9.17, 15) is 0 Å². The van der Waals surface area contributed by atoms with Crippen LogP contribution in [0.3, 0.4) is 0 Å². The van der Waals surface area contributed by atoms with Crippen LogP contribution in [0, 0.1) is 11.8 Å². The molecule has 0 heterocycles. The van der Waals surface area contributed by atoms with Crippen LogP contribution in [0.5, 0.6) is 0 Å². The Balaban J connectivity index is 1.61. The summed E-state index contributed by atoms with van der Waals surface area (Å²) in [5.74, 6) is 1.71. The van der Waals surface area contributed by atoms with Crippen LogP contribution >= 0.6 is 15.9 Å². The summed E-state index contributed by atoms with van der Waals surface area (Å²) in [4.78, 5) is 0. The molecular formula is C16H21BrN2. The van der Waals surface area contributed by atoms with Crippen molar-refractivity contribution in [3.05, 3.63) is 28.7 Å². The predicted molar refractivity (Wildman–Crippen MR) is 82.1 cm³/mol. The third-order valence-corrected chi connectivity index (χ3v) is 5.89. The molecule has 1 aromatic carbocycles. The second-order valence-corrected chi connectivity index (χ2v) is 8.15. The van der Waals surface area contributed by atoms with Gasteiger partial charge in [-0.2, -0.15) is 0 Å². The van der Waals surface area contributed by atoms with Crippen LogP contribution < -0.4 is 11.1 Å². The maximum atomic E-state index is 6.64. The molecule has 4 fully saturated rings. The quantitative estimate of drug-likeness (QED) is 0.867. The third-order valence-electron chi connectivity index (χ3n) is 5.36. The monoisotopic (exact) mass is 320 g/mol. The Bertz CT molecular complexity index is 482. The van der Waals surface area contributed by atoms with Gasteiger partial charge in [0.25, 0.3) is 0 Å². The number of hydrogen-bond donors (Lipinski definition) is 2. The Hall–Kier alpha value is -0.540. The zero-order valence-corrected chi connectivity index (χ0v) is 12.7. The van der Waals surface area contributed by atoms with Gasteiger partial charge in [0.05, 0.1) is 0 Å².